The highest BCUT2D eigenvalue weighted by Crippen LogP contribution is 2.17. The van der Waals surface area contributed by atoms with Crippen molar-refractivity contribution in [2.75, 3.05) is 0 Å². The lowest BCUT2D eigenvalue weighted by Crippen LogP contribution is -2.44. The van der Waals surface area contributed by atoms with E-state index >= 15 is 0 Å². The monoisotopic (exact) mass is 319 g/mol. The van der Waals surface area contributed by atoms with Crippen LogP contribution in [-0.4, -0.2) is 32.8 Å². The number of nitrogens with zero attached hydrogens (tertiary/aromatic N) is 2. The first-order chi connectivity index (χ1) is 10.8. The van der Waals surface area contributed by atoms with Crippen molar-refractivity contribution >= 4 is 11.9 Å². The van der Waals surface area contributed by atoms with Crippen LogP contribution in [0.25, 0.3) is 5.69 Å². The van der Waals surface area contributed by atoms with E-state index in [1.807, 2.05) is 0 Å². The second kappa shape index (κ2) is 6.60. The fourth-order valence-corrected chi connectivity index (χ4v) is 2.23. The Labute approximate surface area is 132 Å². The van der Waals surface area contributed by atoms with Crippen LogP contribution in [0.5, 0.6) is 0 Å². The summed E-state index contributed by atoms with van der Waals surface area (Å²) in [4.78, 5) is 23.5. The van der Waals surface area contributed by atoms with Crippen LogP contribution in [0.1, 0.15) is 29.9 Å². The second-order valence-electron chi connectivity index (χ2n) is 5.54. The number of benzene rings is 1. The van der Waals surface area contributed by atoms with Crippen LogP contribution >= 0.6 is 0 Å². The van der Waals surface area contributed by atoms with Crippen LogP contribution in [0.4, 0.5) is 4.39 Å². The van der Waals surface area contributed by atoms with Crippen molar-refractivity contribution < 1.29 is 19.1 Å². The van der Waals surface area contributed by atoms with E-state index in [1.54, 1.807) is 39.0 Å². The average molecular weight is 319 g/mol. The molecule has 1 aromatic heterocycles. The first-order valence-corrected chi connectivity index (χ1v) is 7.16. The van der Waals surface area contributed by atoms with E-state index in [4.69, 9.17) is 5.11 Å². The lowest BCUT2D eigenvalue weighted by Gasteiger charge is -2.17. The third kappa shape index (κ3) is 3.39. The van der Waals surface area contributed by atoms with Gasteiger partial charge in [0.2, 0.25) is 0 Å². The predicted octanol–water partition coefficient (Wildman–Crippen LogP) is 2.16. The standard InChI is InChI=1S/C16H18FN3O3/c1-9(2)14(16(22)23)19-15(21)11-8-18-20(10(11)3)13-7-5-4-6-12(13)17/h4-9,14H,1-3H3,(H,19,21)(H,22,23). The molecule has 0 fully saturated rings. The Morgan fingerprint density at radius 1 is 1.30 bits per heavy atom. The fourth-order valence-electron chi connectivity index (χ4n) is 2.23. The largest absolute Gasteiger partial charge is 0.480 e. The van der Waals surface area contributed by atoms with E-state index in [0.717, 1.165) is 0 Å². The number of halogens is 1. The van der Waals surface area contributed by atoms with Gasteiger partial charge in [0.25, 0.3) is 5.91 Å². The number of nitrogens with one attached hydrogen (secondary N) is 1. The van der Waals surface area contributed by atoms with Crippen molar-refractivity contribution in [3.63, 3.8) is 0 Å². The van der Waals surface area contributed by atoms with Crippen molar-refractivity contribution in [2.24, 2.45) is 5.92 Å². The summed E-state index contributed by atoms with van der Waals surface area (Å²) in [6.07, 6.45) is 1.30. The van der Waals surface area contributed by atoms with Crippen molar-refractivity contribution in [2.45, 2.75) is 26.8 Å². The Morgan fingerprint density at radius 2 is 1.96 bits per heavy atom. The SMILES string of the molecule is Cc1c(C(=O)NC(C(=O)O)C(C)C)cnn1-c1ccccc1F. The molecule has 0 spiro atoms. The number of carbonyl (C=O) groups excluding carboxylic acids is 1. The number of carboxylic acid groups (broad SMARTS) is 1. The molecule has 2 aromatic rings. The maximum atomic E-state index is 13.8. The zero-order valence-electron chi connectivity index (χ0n) is 13.1. The van der Waals surface area contributed by atoms with Gasteiger partial charge in [-0.05, 0) is 25.0 Å². The van der Waals surface area contributed by atoms with E-state index in [1.165, 1.54) is 16.9 Å². The minimum Gasteiger partial charge on any atom is -0.480 e. The Bertz CT molecular complexity index is 740. The van der Waals surface area contributed by atoms with Crippen molar-refractivity contribution in [1.82, 2.24) is 15.1 Å². The molecule has 0 aliphatic carbocycles. The number of hydrogen-bond acceptors (Lipinski definition) is 3. The topological polar surface area (TPSA) is 84.2 Å². The van der Waals surface area contributed by atoms with Crippen LogP contribution in [0.3, 0.4) is 0 Å². The molecule has 0 bridgehead atoms. The molecule has 1 aromatic carbocycles. The van der Waals surface area contributed by atoms with Crippen LogP contribution in [0, 0.1) is 18.7 Å². The lowest BCUT2D eigenvalue weighted by atomic mass is 10.0. The summed E-state index contributed by atoms with van der Waals surface area (Å²) in [7, 11) is 0. The maximum absolute atomic E-state index is 13.8. The van der Waals surface area contributed by atoms with Crippen LogP contribution in [0.15, 0.2) is 30.5 Å². The highest BCUT2D eigenvalue weighted by atomic mass is 19.1. The molecule has 122 valence electrons. The summed E-state index contributed by atoms with van der Waals surface area (Å²) in [5.74, 6) is -2.38. The second-order valence-corrected chi connectivity index (χ2v) is 5.54. The number of para-hydroxylation sites is 1. The van der Waals surface area contributed by atoms with E-state index < -0.39 is 23.7 Å². The number of carboxylic acids is 1. The number of aliphatic carboxylic acids is 1. The summed E-state index contributed by atoms with van der Waals surface area (Å²) < 4.78 is 15.2. The summed E-state index contributed by atoms with van der Waals surface area (Å²) in [6, 6.07) is 5.07. The molecule has 0 radical (unpaired) electrons. The minimum atomic E-state index is -1.10. The zero-order valence-corrected chi connectivity index (χ0v) is 13.1. The highest BCUT2D eigenvalue weighted by Gasteiger charge is 2.26. The maximum Gasteiger partial charge on any atom is 0.326 e. The molecular weight excluding hydrogens is 301 g/mol. The molecule has 0 saturated heterocycles. The molecule has 2 rings (SSSR count). The van der Waals surface area contributed by atoms with Gasteiger partial charge in [0.15, 0.2) is 0 Å². The Kier molecular flexibility index (Phi) is 4.78. The summed E-state index contributed by atoms with van der Waals surface area (Å²) in [5, 5.41) is 15.6. The molecule has 1 heterocycles. The first kappa shape index (κ1) is 16.7. The number of hydrogen-bond donors (Lipinski definition) is 2. The van der Waals surface area contributed by atoms with Gasteiger partial charge in [-0.15, -0.1) is 0 Å². The third-order valence-corrected chi connectivity index (χ3v) is 3.55. The molecular formula is C16H18FN3O3. The molecule has 6 nitrogen and oxygen atoms in total. The fraction of sp³-hybridized carbons (Fsp3) is 0.312. The van der Waals surface area contributed by atoms with Crippen molar-refractivity contribution in [3.8, 4) is 5.69 Å². The lowest BCUT2D eigenvalue weighted by molar-refractivity contribution is -0.140. The van der Waals surface area contributed by atoms with Gasteiger partial charge in [-0.1, -0.05) is 26.0 Å². The van der Waals surface area contributed by atoms with Gasteiger partial charge < -0.3 is 10.4 Å². The summed E-state index contributed by atoms with van der Waals surface area (Å²) in [6.45, 7) is 5.03. The van der Waals surface area contributed by atoms with E-state index in [0.29, 0.717) is 5.69 Å². The average Bonchev–Trinajstić information content (AvgIpc) is 2.86. The molecule has 1 atom stereocenters. The molecule has 0 saturated carbocycles. The van der Waals surface area contributed by atoms with Crippen molar-refractivity contribution in [3.05, 3.63) is 47.5 Å². The van der Waals surface area contributed by atoms with Gasteiger partial charge in [-0.3, -0.25) is 4.79 Å². The van der Waals surface area contributed by atoms with E-state index in [2.05, 4.69) is 10.4 Å². The van der Waals surface area contributed by atoms with Gasteiger partial charge >= 0.3 is 5.97 Å². The van der Waals surface area contributed by atoms with Gasteiger partial charge in [0.1, 0.15) is 17.5 Å². The number of carbonyl (C=O) groups is 2. The first-order valence-electron chi connectivity index (χ1n) is 7.16. The van der Waals surface area contributed by atoms with Crippen LogP contribution in [-0.2, 0) is 4.79 Å². The van der Waals surface area contributed by atoms with Gasteiger partial charge in [-0.25, -0.2) is 13.9 Å². The molecule has 2 N–H and O–H groups in total. The van der Waals surface area contributed by atoms with Crippen LogP contribution < -0.4 is 5.32 Å². The van der Waals surface area contributed by atoms with E-state index in [-0.39, 0.29) is 17.2 Å². The summed E-state index contributed by atoms with van der Waals surface area (Å²) >= 11 is 0. The number of aromatic nitrogens is 2. The predicted molar refractivity (Wildman–Crippen MR) is 82.0 cm³/mol. The van der Waals surface area contributed by atoms with Crippen molar-refractivity contribution in [1.29, 1.82) is 0 Å². The molecule has 7 heteroatoms. The molecule has 0 aliphatic heterocycles. The summed E-state index contributed by atoms with van der Waals surface area (Å²) in [5.41, 5.74) is 0.864. The Morgan fingerprint density at radius 3 is 2.52 bits per heavy atom. The quantitative estimate of drug-likeness (QED) is 0.884. The number of rotatable bonds is 5. The molecule has 1 amide bonds. The molecule has 23 heavy (non-hydrogen) atoms. The zero-order chi connectivity index (χ0) is 17.1. The highest BCUT2D eigenvalue weighted by molar-refractivity contribution is 5.97. The van der Waals surface area contributed by atoms with E-state index in [9.17, 15) is 14.0 Å². The van der Waals surface area contributed by atoms with Crippen LogP contribution in [0.2, 0.25) is 0 Å². The normalized spacial score (nSPS) is 12.2. The molecule has 0 aliphatic rings. The van der Waals surface area contributed by atoms with Gasteiger partial charge in [-0.2, -0.15) is 5.10 Å². The van der Waals surface area contributed by atoms with Gasteiger partial charge in [0, 0.05) is 0 Å². The minimum absolute atomic E-state index is 0.208. The van der Waals surface area contributed by atoms with Gasteiger partial charge in [0.05, 0.1) is 17.5 Å². The smallest absolute Gasteiger partial charge is 0.326 e. The Balaban J connectivity index is 2.31. The molecule has 1 unspecified atom stereocenters. The number of amides is 1. The third-order valence-electron chi connectivity index (χ3n) is 3.55. The Hall–Kier alpha value is -2.70.